The van der Waals surface area contributed by atoms with E-state index in [1.165, 1.54) is 6.33 Å². The molecule has 1 rings (SSSR count). The van der Waals surface area contributed by atoms with Crippen molar-refractivity contribution in [2.45, 2.75) is 18.7 Å². The Labute approximate surface area is 88.7 Å². The molecular formula is C9H14ClN3O. The quantitative estimate of drug-likeness (QED) is 0.763. The highest BCUT2D eigenvalue weighted by Crippen LogP contribution is 2.11. The van der Waals surface area contributed by atoms with Crippen molar-refractivity contribution in [2.24, 2.45) is 0 Å². The van der Waals surface area contributed by atoms with Crippen molar-refractivity contribution in [1.82, 2.24) is 9.97 Å². The lowest BCUT2D eigenvalue weighted by Gasteiger charge is -2.09. The van der Waals surface area contributed by atoms with Crippen LogP contribution in [0.4, 0.5) is 5.82 Å². The summed E-state index contributed by atoms with van der Waals surface area (Å²) in [5.41, 5.74) is 0. The lowest BCUT2D eigenvalue weighted by molar-refractivity contribution is 0.397. The van der Waals surface area contributed by atoms with Crippen LogP contribution in [0.3, 0.4) is 0 Å². The number of aromatic nitrogens is 2. The first kappa shape index (κ1) is 11.0. The lowest BCUT2D eigenvalue weighted by atomic mass is 10.3. The van der Waals surface area contributed by atoms with Gasteiger partial charge in [0, 0.05) is 12.6 Å². The molecule has 0 radical (unpaired) electrons. The third kappa shape index (κ3) is 3.38. The number of halogens is 1. The summed E-state index contributed by atoms with van der Waals surface area (Å²) in [6.07, 6.45) is 2.38. The van der Waals surface area contributed by atoms with Crippen LogP contribution in [0.15, 0.2) is 12.4 Å². The fourth-order valence-electron chi connectivity index (χ4n) is 0.907. The Morgan fingerprint density at radius 2 is 2.36 bits per heavy atom. The van der Waals surface area contributed by atoms with Crippen LogP contribution >= 0.6 is 11.6 Å². The molecule has 1 N–H and O–H groups in total. The summed E-state index contributed by atoms with van der Waals surface area (Å²) >= 11 is 5.95. The Hall–Kier alpha value is -1.03. The van der Waals surface area contributed by atoms with Crippen molar-refractivity contribution in [2.75, 3.05) is 19.0 Å². The van der Waals surface area contributed by atoms with Crippen LogP contribution < -0.4 is 10.1 Å². The van der Waals surface area contributed by atoms with Crippen molar-refractivity contribution < 1.29 is 4.74 Å². The largest absolute Gasteiger partial charge is 0.481 e. The summed E-state index contributed by atoms with van der Waals surface area (Å²) in [6, 6.07) is 1.74. The second kappa shape index (κ2) is 5.65. The van der Waals surface area contributed by atoms with Gasteiger partial charge in [-0.1, -0.05) is 6.92 Å². The molecule has 0 aliphatic carbocycles. The molecule has 5 heteroatoms. The Morgan fingerprint density at radius 1 is 1.57 bits per heavy atom. The van der Waals surface area contributed by atoms with Crippen LogP contribution in [0, 0.1) is 0 Å². The average molecular weight is 216 g/mol. The highest BCUT2D eigenvalue weighted by atomic mass is 35.5. The molecule has 78 valence electrons. The van der Waals surface area contributed by atoms with Gasteiger partial charge in [-0.15, -0.1) is 11.6 Å². The molecular weight excluding hydrogens is 202 g/mol. The third-order valence-corrected chi connectivity index (χ3v) is 2.26. The molecule has 0 aliphatic heterocycles. The molecule has 1 heterocycles. The van der Waals surface area contributed by atoms with Crippen LogP contribution in [0.5, 0.6) is 5.88 Å². The second-order valence-corrected chi connectivity index (χ2v) is 3.45. The third-order valence-electron chi connectivity index (χ3n) is 1.80. The molecule has 0 amide bonds. The highest BCUT2D eigenvalue weighted by molar-refractivity contribution is 6.20. The SMILES string of the molecule is CCC(Cl)CNc1cc(OC)ncn1. The number of rotatable bonds is 5. The lowest BCUT2D eigenvalue weighted by Crippen LogP contribution is -2.13. The number of anilines is 1. The molecule has 4 nitrogen and oxygen atoms in total. The van der Waals surface area contributed by atoms with Gasteiger partial charge in [-0.2, -0.15) is 0 Å². The average Bonchev–Trinajstić information content (AvgIpc) is 2.26. The Bertz CT molecular complexity index is 283. The summed E-state index contributed by atoms with van der Waals surface area (Å²) in [5.74, 6) is 1.28. The van der Waals surface area contributed by atoms with Gasteiger partial charge < -0.3 is 10.1 Å². The zero-order chi connectivity index (χ0) is 10.4. The van der Waals surface area contributed by atoms with Gasteiger partial charge in [-0.3, -0.25) is 0 Å². The number of nitrogens with one attached hydrogen (secondary N) is 1. The molecule has 1 aromatic heterocycles. The van der Waals surface area contributed by atoms with E-state index in [0.717, 1.165) is 12.2 Å². The maximum absolute atomic E-state index is 5.95. The van der Waals surface area contributed by atoms with Crippen LogP contribution in [0.25, 0.3) is 0 Å². The van der Waals surface area contributed by atoms with Crippen molar-refractivity contribution in [3.8, 4) is 5.88 Å². The summed E-state index contributed by atoms with van der Waals surface area (Å²) < 4.78 is 4.96. The van der Waals surface area contributed by atoms with Gasteiger partial charge in [0.05, 0.1) is 12.5 Å². The minimum Gasteiger partial charge on any atom is -0.481 e. The molecule has 0 spiro atoms. The molecule has 0 fully saturated rings. The summed E-state index contributed by atoms with van der Waals surface area (Å²) in [6.45, 7) is 2.73. The Morgan fingerprint density at radius 3 is 3.00 bits per heavy atom. The van der Waals surface area contributed by atoms with Crippen molar-refractivity contribution in [3.63, 3.8) is 0 Å². The number of methoxy groups -OCH3 is 1. The zero-order valence-electron chi connectivity index (χ0n) is 8.33. The maximum atomic E-state index is 5.95. The van der Waals surface area contributed by atoms with Gasteiger partial charge in [0.2, 0.25) is 5.88 Å². The summed E-state index contributed by atoms with van der Waals surface area (Å²) in [4.78, 5) is 7.93. The number of nitrogens with zero attached hydrogens (tertiary/aromatic N) is 2. The van der Waals surface area contributed by atoms with E-state index in [2.05, 4.69) is 15.3 Å². The topological polar surface area (TPSA) is 47.0 Å². The number of hydrogen-bond acceptors (Lipinski definition) is 4. The molecule has 0 bridgehead atoms. The minimum absolute atomic E-state index is 0.121. The molecule has 1 atom stereocenters. The van der Waals surface area contributed by atoms with Gasteiger partial charge in [0.1, 0.15) is 12.1 Å². The van der Waals surface area contributed by atoms with E-state index in [9.17, 15) is 0 Å². The zero-order valence-corrected chi connectivity index (χ0v) is 9.08. The molecule has 1 aromatic rings. The van der Waals surface area contributed by atoms with E-state index < -0.39 is 0 Å². The van der Waals surface area contributed by atoms with E-state index >= 15 is 0 Å². The number of ether oxygens (including phenoxy) is 1. The molecule has 0 saturated heterocycles. The van der Waals surface area contributed by atoms with Crippen molar-refractivity contribution >= 4 is 17.4 Å². The predicted molar refractivity (Wildman–Crippen MR) is 57.0 cm³/mol. The standard InChI is InChI=1S/C9H14ClN3O/c1-3-7(10)5-11-8-4-9(14-2)13-6-12-8/h4,6-7H,3,5H2,1-2H3,(H,11,12,13). The van der Waals surface area contributed by atoms with Gasteiger partial charge >= 0.3 is 0 Å². The van der Waals surface area contributed by atoms with Crippen LogP contribution in [-0.2, 0) is 0 Å². The van der Waals surface area contributed by atoms with E-state index in [4.69, 9.17) is 16.3 Å². The summed E-state index contributed by atoms with van der Waals surface area (Å²) in [5, 5.41) is 3.23. The Kier molecular flexibility index (Phi) is 4.46. The van der Waals surface area contributed by atoms with E-state index in [1.807, 2.05) is 6.92 Å². The molecule has 0 aliphatic rings. The first-order chi connectivity index (χ1) is 6.76. The van der Waals surface area contributed by atoms with Crippen LogP contribution in [0.2, 0.25) is 0 Å². The number of hydrogen-bond donors (Lipinski definition) is 1. The fourth-order valence-corrected chi connectivity index (χ4v) is 0.985. The van der Waals surface area contributed by atoms with E-state index in [0.29, 0.717) is 12.4 Å². The van der Waals surface area contributed by atoms with Gasteiger partial charge in [-0.25, -0.2) is 9.97 Å². The van der Waals surface area contributed by atoms with Gasteiger partial charge in [0.25, 0.3) is 0 Å². The molecule has 0 aromatic carbocycles. The molecule has 14 heavy (non-hydrogen) atoms. The molecule has 1 unspecified atom stereocenters. The smallest absolute Gasteiger partial charge is 0.218 e. The van der Waals surface area contributed by atoms with Crippen molar-refractivity contribution in [1.29, 1.82) is 0 Å². The Balaban J connectivity index is 2.50. The number of alkyl halides is 1. The maximum Gasteiger partial charge on any atom is 0.218 e. The summed E-state index contributed by atoms with van der Waals surface area (Å²) in [7, 11) is 1.57. The monoisotopic (exact) mass is 215 g/mol. The van der Waals surface area contributed by atoms with Crippen molar-refractivity contribution in [3.05, 3.63) is 12.4 Å². The van der Waals surface area contributed by atoms with Crippen LogP contribution in [0.1, 0.15) is 13.3 Å². The van der Waals surface area contributed by atoms with Crippen LogP contribution in [-0.4, -0.2) is 29.0 Å². The molecule has 0 saturated carbocycles. The van der Waals surface area contributed by atoms with E-state index in [-0.39, 0.29) is 5.38 Å². The van der Waals surface area contributed by atoms with Gasteiger partial charge in [-0.05, 0) is 6.42 Å². The minimum atomic E-state index is 0.121. The second-order valence-electron chi connectivity index (χ2n) is 2.83. The predicted octanol–water partition coefficient (Wildman–Crippen LogP) is 1.91. The first-order valence-corrected chi connectivity index (χ1v) is 4.94. The fraction of sp³-hybridized carbons (Fsp3) is 0.556. The van der Waals surface area contributed by atoms with E-state index in [1.54, 1.807) is 13.2 Å². The highest BCUT2D eigenvalue weighted by Gasteiger charge is 2.02. The first-order valence-electron chi connectivity index (χ1n) is 4.50. The normalized spacial score (nSPS) is 12.2. The van der Waals surface area contributed by atoms with Gasteiger partial charge in [0.15, 0.2) is 0 Å².